The lowest BCUT2D eigenvalue weighted by Crippen LogP contribution is -2.41. The number of nitrogens with zero attached hydrogens (tertiary/aromatic N) is 2. The minimum atomic E-state index is -0.440. The molecule has 0 aromatic carbocycles. The molecule has 1 fully saturated rings. The molecular formula is C15H24N2O2. The maximum atomic E-state index is 11.9. The van der Waals surface area contributed by atoms with Crippen molar-refractivity contribution < 1.29 is 9.53 Å². The summed E-state index contributed by atoms with van der Waals surface area (Å²) in [5.41, 5.74) is 0.517. The Hall–Kier alpha value is -1.58. The molecule has 0 radical (unpaired) electrons. The highest BCUT2D eigenvalue weighted by Crippen LogP contribution is 2.26. The summed E-state index contributed by atoms with van der Waals surface area (Å²) < 4.78 is 5.37. The summed E-state index contributed by atoms with van der Waals surface area (Å²) in [4.78, 5) is 17.7. The van der Waals surface area contributed by atoms with Gasteiger partial charge in [-0.25, -0.2) is 4.79 Å². The number of carbonyl (C=O) groups is 1. The summed E-state index contributed by atoms with van der Waals surface area (Å²) in [6, 6.07) is 0. The van der Waals surface area contributed by atoms with Crippen molar-refractivity contribution in [3.05, 3.63) is 24.4 Å². The second-order valence-corrected chi connectivity index (χ2v) is 5.73. The van der Waals surface area contributed by atoms with Crippen molar-refractivity contribution in [2.45, 2.75) is 39.2 Å². The van der Waals surface area contributed by atoms with Gasteiger partial charge in [0.25, 0.3) is 0 Å². The molecule has 1 saturated heterocycles. The van der Waals surface area contributed by atoms with Gasteiger partial charge in [0.05, 0.1) is 0 Å². The van der Waals surface area contributed by atoms with E-state index in [0.29, 0.717) is 19.0 Å². The standard InChI is InChI=1S/C15H24N2O2/c1-6-7-13(16-5)12-8-10-17(11-9-12)14(18)19-15(2,3)4/h6-7,12H,1,5,8-11H2,2-4H3/b13-7-. The maximum Gasteiger partial charge on any atom is 0.410 e. The molecule has 0 aromatic heterocycles. The minimum absolute atomic E-state index is 0.230. The van der Waals surface area contributed by atoms with Crippen LogP contribution >= 0.6 is 0 Å². The second kappa shape index (κ2) is 6.55. The second-order valence-electron chi connectivity index (χ2n) is 5.73. The fourth-order valence-electron chi connectivity index (χ4n) is 2.12. The van der Waals surface area contributed by atoms with Gasteiger partial charge in [0.2, 0.25) is 0 Å². The molecule has 19 heavy (non-hydrogen) atoms. The molecule has 1 heterocycles. The Balaban J connectivity index is 2.53. The number of ether oxygens (including phenoxy) is 1. The minimum Gasteiger partial charge on any atom is -0.444 e. The number of piperidine rings is 1. The molecule has 0 saturated carbocycles. The summed E-state index contributed by atoms with van der Waals surface area (Å²) in [5.74, 6) is 0.356. The summed E-state index contributed by atoms with van der Waals surface area (Å²) >= 11 is 0. The molecular weight excluding hydrogens is 240 g/mol. The van der Waals surface area contributed by atoms with Gasteiger partial charge in [-0.3, -0.25) is 4.99 Å². The molecule has 4 heteroatoms. The van der Waals surface area contributed by atoms with Crippen LogP contribution < -0.4 is 0 Å². The van der Waals surface area contributed by atoms with Crippen molar-refractivity contribution in [2.75, 3.05) is 13.1 Å². The average molecular weight is 264 g/mol. The first-order chi connectivity index (χ1) is 8.87. The zero-order valence-electron chi connectivity index (χ0n) is 12.2. The fourth-order valence-corrected chi connectivity index (χ4v) is 2.12. The molecule has 1 rings (SSSR count). The fraction of sp³-hybridized carbons (Fsp3) is 0.600. The largest absolute Gasteiger partial charge is 0.444 e. The summed E-state index contributed by atoms with van der Waals surface area (Å²) in [6.45, 7) is 14.3. The Morgan fingerprint density at radius 2 is 1.95 bits per heavy atom. The van der Waals surface area contributed by atoms with E-state index in [0.717, 1.165) is 18.5 Å². The topological polar surface area (TPSA) is 41.9 Å². The van der Waals surface area contributed by atoms with Gasteiger partial charge in [0.1, 0.15) is 5.60 Å². The van der Waals surface area contributed by atoms with E-state index < -0.39 is 5.60 Å². The van der Waals surface area contributed by atoms with Crippen LogP contribution in [0.25, 0.3) is 0 Å². The Morgan fingerprint density at radius 3 is 2.37 bits per heavy atom. The van der Waals surface area contributed by atoms with Gasteiger partial charge in [0.15, 0.2) is 0 Å². The van der Waals surface area contributed by atoms with Gasteiger partial charge >= 0.3 is 6.09 Å². The molecule has 0 unspecified atom stereocenters. The molecule has 0 aromatic rings. The average Bonchev–Trinajstić information content (AvgIpc) is 2.34. The quantitative estimate of drug-likeness (QED) is 0.579. The van der Waals surface area contributed by atoms with Gasteiger partial charge in [-0.05, 0) is 46.4 Å². The Labute approximate surface area is 115 Å². The summed E-state index contributed by atoms with van der Waals surface area (Å²) in [5, 5.41) is 0. The van der Waals surface area contributed by atoms with E-state index in [1.165, 1.54) is 0 Å². The number of hydrogen-bond acceptors (Lipinski definition) is 3. The first kappa shape index (κ1) is 15.5. The van der Waals surface area contributed by atoms with Crippen molar-refractivity contribution >= 4 is 12.8 Å². The number of aliphatic imine (C=N–C) groups is 1. The predicted octanol–water partition coefficient (Wildman–Crippen LogP) is 3.40. The molecule has 4 nitrogen and oxygen atoms in total. The van der Waals surface area contributed by atoms with Crippen LogP contribution in [0.15, 0.2) is 29.4 Å². The third kappa shape index (κ3) is 4.89. The van der Waals surface area contributed by atoms with E-state index in [9.17, 15) is 4.79 Å². The summed E-state index contributed by atoms with van der Waals surface area (Å²) in [7, 11) is 0. The zero-order chi connectivity index (χ0) is 14.5. The molecule has 0 bridgehead atoms. The molecule has 0 N–H and O–H groups in total. The molecule has 0 spiro atoms. The number of allylic oxidation sites excluding steroid dienone is 3. The van der Waals surface area contributed by atoms with E-state index in [-0.39, 0.29) is 6.09 Å². The Kier molecular flexibility index (Phi) is 5.33. The molecule has 1 aliphatic rings. The first-order valence-corrected chi connectivity index (χ1v) is 6.64. The monoisotopic (exact) mass is 264 g/mol. The number of amides is 1. The molecule has 0 atom stereocenters. The van der Waals surface area contributed by atoms with E-state index >= 15 is 0 Å². The number of hydrogen-bond donors (Lipinski definition) is 0. The van der Waals surface area contributed by atoms with Crippen LogP contribution in [0, 0.1) is 5.92 Å². The van der Waals surface area contributed by atoms with Crippen LogP contribution in [-0.4, -0.2) is 36.4 Å². The third-order valence-corrected chi connectivity index (χ3v) is 3.04. The van der Waals surface area contributed by atoms with Gasteiger partial charge in [-0.15, -0.1) is 0 Å². The van der Waals surface area contributed by atoms with E-state index in [1.807, 2.05) is 26.8 Å². The van der Waals surface area contributed by atoms with E-state index in [4.69, 9.17) is 4.74 Å². The normalized spacial score (nSPS) is 18.1. The number of likely N-dealkylation sites (tertiary alicyclic amines) is 1. The SMILES string of the molecule is C=C/C=C(\N=C)C1CCN(C(=O)OC(C)(C)C)CC1. The van der Waals surface area contributed by atoms with E-state index in [1.54, 1.807) is 11.0 Å². The Bertz CT molecular complexity index is 372. The zero-order valence-corrected chi connectivity index (χ0v) is 12.2. The first-order valence-electron chi connectivity index (χ1n) is 6.64. The third-order valence-electron chi connectivity index (χ3n) is 3.04. The lowest BCUT2D eigenvalue weighted by molar-refractivity contribution is 0.0194. The van der Waals surface area contributed by atoms with Crippen LogP contribution in [-0.2, 0) is 4.74 Å². The smallest absolute Gasteiger partial charge is 0.410 e. The van der Waals surface area contributed by atoms with Crippen molar-refractivity contribution in [3.63, 3.8) is 0 Å². The van der Waals surface area contributed by atoms with Crippen LogP contribution in [0.4, 0.5) is 4.79 Å². The molecule has 106 valence electrons. The van der Waals surface area contributed by atoms with Crippen LogP contribution in [0.1, 0.15) is 33.6 Å². The highest BCUT2D eigenvalue weighted by Gasteiger charge is 2.27. The van der Waals surface area contributed by atoms with E-state index in [2.05, 4.69) is 18.3 Å². The van der Waals surface area contributed by atoms with Gasteiger partial charge in [0, 0.05) is 24.7 Å². The van der Waals surface area contributed by atoms with Crippen molar-refractivity contribution in [3.8, 4) is 0 Å². The van der Waals surface area contributed by atoms with Crippen molar-refractivity contribution in [1.82, 2.24) is 4.90 Å². The highest BCUT2D eigenvalue weighted by atomic mass is 16.6. The van der Waals surface area contributed by atoms with Gasteiger partial charge in [-0.2, -0.15) is 0 Å². The lowest BCUT2D eigenvalue weighted by Gasteiger charge is -2.33. The van der Waals surface area contributed by atoms with Crippen LogP contribution in [0.2, 0.25) is 0 Å². The number of rotatable bonds is 3. The molecule has 1 aliphatic heterocycles. The number of carbonyl (C=O) groups excluding carboxylic acids is 1. The van der Waals surface area contributed by atoms with Gasteiger partial charge in [-0.1, -0.05) is 12.7 Å². The molecule has 1 amide bonds. The summed E-state index contributed by atoms with van der Waals surface area (Å²) in [6.07, 6.45) is 5.16. The molecule has 0 aliphatic carbocycles. The maximum absolute atomic E-state index is 11.9. The van der Waals surface area contributed by atoms with Crippen molar-refractivity contribution in [1.29, 1.82) is 0 Å². The van der Waals surface area contributed by atoms with Crippen LogP contribution in [0.5, 0.6) is 0 Å². The Morgan fingerprint density at radius 1 is 1.37 bits per heavy atom. The predicted molar refractivity (Wildman–Crippen MR) is 78.4 cm³/mol. The van der Waals surface area contributed by atoms with Gasteiger partial charge < -0.3 is 9.64 Å². The van der Waals surface area contributed by atoms with Crippen LogP contribution in [0.3, 0.4) is 0 Å². The van der Waals surface area contributed by atoms with Crippen molar-refractivity contribution in [2.24, 2.45) is 10.9 Å². The lowest BCUT2D eigenvalue weighted by atomic mass is 9.93. The highest BCUT2D eigenvalue weighted by molar-refractivity contribution is 5.68.